The molecule has 0 amide bonds. The van der Waals surface area contributed by atoms with Gasteiger partial charge in [0, 0.05) is 22.8 Å². The highest BCUT2D eigenvalue weighted by molar-refractivity contribution is 9.10. The highest BCUT2D eigenvalue weighted by Gasteiger charge is 2.06. The maximum Gasteiger partial charge on any atom is 0.129 e. The van der Waals surface area contributed by atoms with Crippen LogP contribution in [0.5, 0.6) is 5.75 Å². The van der Waals surface area contributed by atoms with Crippen LogP contribution in [0.25, 0.3) is 0 Å². The number of ether oxygens (including phenoxy) is 2. The van der Waals surface area contributed by atoms with E-state index in [0.717, 1.165) is 21.7 Å². The molecule has 0 bridgehead atoms. The standard InChI is InChI=1S/C15H18BrNO4/c1-19-15-6-11(16)5-12(7-15)17-8-13(18)9-20-10-14-3-2-4-21-14/h2-7,13,17-18H,8-10H2,1H3. The summed E-state index contributed by atoms with van der Waals surface area (Å²) in [7, 11) is 1.61. The van der Waals surface area contributed by atoms with Crippen LogP contribution in [0.3, 0.4) is 0 Å². The Morgan fingerprint density at radius 1 is 1.38 bits per heavy atom. The number of hydrogen-bond donors (Lipinski definition) is 2. The normalized spacial score (nSPS) is 12.1. The number of aliphatic hydroxyl groups excluding tert-OH is 1. The third kappa shape index (κ3) is 5.41. The molecule has 1 aromatic heterocycles. The zero-order valence-electron chi connectivity index (χ0n) is 11.7. The minimum atomic E-state index is -0.607. The van der Waals surface area contributed by atoms with Crippen molar-refractivity contribution in [2.45, 2.75) is 12.7 Å². The lowest BCUT2D eigenvalue weighted by atomic mass is 10.3. The fraction of sp³-hybridized carbons (Fsp3) is 0.333. The summed E-state index contributed by atoms with van der Waals surface area (Å²) >= 11 is 3.41. The molecule has 0 saturated heterocycles. The minimum absolute atomic E-state index is 0.235. The lowest BCUT2D eigenvalue weighted by Gasteiger charge is -2.14. The molecule has 1 unspecified atom stereocenters. The first-order valence-corrected chi connectivity index (χ1v) is 7.33. The van der Waals surface area contributed by atoms with Crippen molar-refractivity contribution in [3.63, 3.8) is 0 Å². The van der Waals surface area contributed by atoms with E-state index in [1.165, 1.54) is 0 Å². The van der Waals surface area contributed by atoms with Crippen LogP contribution in [0, 0.1) is 0 Å². The predicted octanol–water partition coefficient (Wildman–Crippen LogP) is 3.04. The number of furan rings is 1. The number of benzene rings is 1. The van der Waals surface area contributed by atoms with Crippen LogP contribution in [0.15, 0.2) is 45.5 Å². The Morgan fingerprint density at radius 3 is 2.95 bits per heavy atom. The molecule has 2 N–H and O–H groups in total. The zero-order chi connectivity index (χ0) is 15.1. The summed E-state index contributed by atoms with van der Waals surface area (Å²) in [6.07, 6.45) is 0.988. The molecule has 0 fully saturated rings. The van der Waals surface area contributed by atoms with Gasteiger partial charge in [0.25, 0.3) is 0 Å². The second-order valence-electron chi connectivity index (χ2n) is 4.51. The Hall–Kier alpha value is -1.50. The van der Waals surface area contributed by atoms with Crippen molar-refractivity contribution in [2.75, 3.05) is 25.6 Å². The van der Waals surface area contributed by atoms with E-state index in [1.807, 2.05) is 24.3 Å². The Morgan fingerprint density at radius 2 is 2.24 bits per heavy atom. The van der Waals surface area contributed by atoms with Gasteiger partial charge in [-0.25, -0.2) is 0 Å². The fourth-order valence-electron chi connectivity index (χ4n) is 1.77. The number of methoxy groups -OCH3 is 1. The molecular formula is C15H18BrNO4. The lowest BCUT2D eigenvalue weighted by molar-refractivity contribution is 0.0282. The second-order valence-corrected chi connectivity index (χ2v) is 5.42. The summed E-state index contributed by atoms with van der Waals surface area (Å²) in [5.74, 6) is 1.49. The SMILES string of the molecule is COc1cc(Br)cc(NCC(O)COCc2ccco2)c1. The van der Waals surface area contributed by atoms with Gasteiger partial charge in [-0.3, -0.25) is 0 Å². The zero-order valence-corrected chi connectivity index (χ0v) is 13.3. The highest BCUT2D eigenvalue weighted by atomic mass is 79.9. The summed E-state index contributed by atoms with van der Waals surface area (Å²) in [4.78, 5) is 0. The van der Waals surface area contributed by atoms with E-state index in [9.17, 15) is 5.11 Å². The maximum atomic E-state index is 9.87. The second kappa shape index (κ2) is 8.07. The Labute approximate surface area is 132 Å². The Kier molecular flexibility index (Phi) is 6.10. The lowest BCUT2D eigenvalue weighted by Crippen LogP contribution is -2.24. The smallest absolute Gasteiger partial charge is 0.129 e. The summed E-state index contributed by atoms with van der Waals surface area (Å²) < 4.78 is 16.6. The molecule has 1 aromatic carbocycles. The van der Waals surface area contributed by atoms with Crippen LogP contribution in [0.1, 0.15) is 5.76 Å². The highest BCUT2D eigenvalue weighted by Crippen LogP contribution is 2.24. The first-order chi connectivity index (χ1) is 10.2. The van der Waals surface area contributed by atoms with E-state index in [-0.39, 0.29) is 6.61 Å². The van der Waals surface area contributed by atoms with Crippen molar-refractivity contribution in [1.82, 2.24) is 0 Å². The summed E-state index contributed by atoms with van der Waals surface area (Å²) in [5.41, 5.74) is 0.867. The van der Waals surface area contributed by atoms with E-state index in [0.29, 0.717) is 13.2 Å². The molecule has 114 valence electrons. The maximum absolute atomic E-state index is 9.87. The fourth-order valence-corrected chi connectivity index (χ4v) is 2.24. The van der Waals surface area contributed by atoms with Crippen molar-refractivity contribution < 1.29 is 19.0 Å². The van der Waals surface area contributed by atoms with Crippen LogP contribution in [-0.2, 0) is 11.3 Å². The number of halogens is 1. The van der Waals surface area contributed by atoms with Gasteiger partial charge in [0.05, 0.1) is 26.1 Å². The molecule has 1 atom stereocenters. The quantitative estimate of drug-likeness (QED) is 0.761. The molecular weight excluding hydrogens is 338 g/mol. The average Bonchev–Trinajstić information content (AvgIpc) is 2.98. The van der Waals surface area contributed by atoms with E-state index < -0.39 is 6.10 Å². The van der Waals surface area contributed by atoms with Crippen molar-refractivity contribution in [3.05, 3.63) is 46.8 Å². The van der Waals surface area contributed by atoms with Gasteiger partial charge in [0.15, 0.2) is 0 Å². The molecule has 0 aliphatic carbocycles. The molecule has 2 rings (SSSR count). The predicted molar refractivity (Wildman–Crippen MR) is 83.6 cm³/mol. The van der Waals surface area contributed by atoms with Crippen molar-refractivity contribution in [2.24, 2.45) is 0 Å². The largest absolute Gasteiger partial charge is 0.497 e. The van der Waals surface area contributed by atoms with Crippen LogP contribution in [0.4, 0.5) is 5.69 Å². The molecule has 1 heterocycles. The molecule has 0 spiro atoms. The molecule has 0 saturated carbocycles. The Bertz CT molecular complexity index is 545. The molecule has 0 aliphatic heterocycles. The first-order valence-electron chi connectivity index (χ1n) is 6.54. The molecule has 21 heavy (non-hydrogen) atoms. The molecule has 6 heteroatoms. The van der Waals surface area contributed by atoms with Gasteiger partial charge in [-0.05, 0) is 24.3 Å². The van der Waals surface area contributed by atoms with E-state index in [1.54, 1.807) is 19.4 Å². The van der Waals surface area contributed by atoms with Gasteiger partial charge < -0.3 is 24.3 Å². The van der Waals surface area contributed by atoms with Crippen LogP contribution in [-0.4, -0.2) is 31.5 Å². The van der Waals surface area contributed by atoms with Crippen LogP contribution in [0.2, 0.25) is 0 Å². The van der Waals surface area contributed by atoms with Crippen molar-refractivity contribution >= 4 is 21.6 Å². The Balaban J connectivity index is 1.73. The number of rotatable bonds is 8. The van der Waals surface area contributed by atoms with Gasteiger partial charge >= 0.3 is 0 Å². The average molecular weight is 356 g/mol. The van der Waals surface area contributed by atoms with E-state index >= 15 is 0 Å². The summed E-state index contributed by atoms with van der Waals surface area (Å²) in [6, 6.07) is 9.28. The van der Waals surface area contributed by atoms with Crippen LogP contribution < -0.4 is 10.1 Å². The third-order valence-electron chi connectivity index (χ3n) is 2.78. The first kappa shape index (κ1) is 15.9. The van der Waals surface area contributed by atoms with Gasteiger partial charge in [-0.15, -0.1) is 0 Å². The third-order valence-corrected chi connectivity index (χ3v) is 3.24. The van der Waals surface area contributed by atoms with Gasteiger partial charge in [0.2, 0.25) is 0 Å². The minimum Gasteiger partial charge on any atom is -0.497 e. The van der Waals surface area contributed by atoms with Gasteiger partial charge in [0.1, 0.15) is 18.1 Å². The van der Waals surface area contributed by atoms with Gasteiger partial charge in [-0.2, -0.15) is 0 Å². The summed E-state index contributed by atoms with van der Waals surface area (Å²) in [5, 5.41) is 13.0. The number of anilines is 1. The number of hydrogen-bond acceptors (Lipinski definition) is 5. The topological polar surface area (TPSA) is 63.9 Å². The molecule has 5 nitrogen and oxygen atoms in total. The van der Waals surface area contributed by atoms with E-state index in [4.69, 9.17) is 13.9 Å². The van der Waals surface area contributed by atoms with Crippen LogP contribution >= 0.6 is 15.9 Å². The molecule has 0 radical (unpaired) electrons. The monoisotopic (exact) mass is 355 g/mol. The number of aliphatic hydroxyl groups is 1. The number of nitrogens with one attached hydrogen (secondary N) is 1. The van der Waals surface area contributed by atoms with Crippen molar-refractivity contribution in [1.29, 1.82) is 0 Å². The van der Waals surface area contributed by atoms with Gasteiger partial charge in [-0.1, -0.05) is 15.9 Å². The molecule has 2 aromatic rings. The van der Waals surface area contributed by atoms with Crippen molar-refractivity contribution in [3.8, 4) is 5.75 Å². The molecule has 0 aliphatic rings. The van der Waals surface area contributed by atoms with E-state index in [2.05, 4.69) is 21.2 Å². The summed E-state index contributed by atoms with van der Waals surface area (Å²) in [6.45, 7) is 0.978.